The SMILES string of the molecule is CNCCCc1ccc(-c2ncn(-c3ccc(OC(C)(C)F)cc3)n2)cc1. The zero-order valence-corrected chi connectivity index (χ0v) is 15.9. The third kappa shape index (κ3) is 5.37. The number of ether oxygens (including phenoxy) is 1. The molecule has 0 fully saturated rings. The van der Waals surface area contributed by atoms with E-state index in [1.165, 1.54) is 19.4 Å². The smallest absolute Gasteiger partial charge is 0.242 e. The summed E-state index contributed by atoms with van der Waals surface area (Å²) in [6.07, 6.45) is 3.83. The lowest BCUT2D eigenvalue weighted by Crippen LogP contribution is -2.20. The third-order valence-corrected chi connectivity index (χ3v) is 4.06. The number of hydrogen-bond donors (Lipinski definition) is 1. The Morgan fingerprint density at radius 3 is 2.41 bits per heavy atom. The number of aryl methyl sites for hydroxylation is 1. The van der Waals surface area contributed by atoms with Gasteiger partial charge in [-0.25, -0.2) is 9.67 Å². The summed E-state index contributed by atoms with van der Waals surface area (Å²) in [6.45, 7) is 3.76. The van der Waals surface area contributed by atoms with E-state index in [4.69, 9.17) is 4.74 Å². The fourth-order valence-corrected chi connectivity index (χ4v) is 2.76. The summed E-state index contributed by atoms with van der Waals surface area (Å²) in [5.74, 6) is -0.566. The van der Waals surface area contributed by atoms with Crippen LogP contribution in [0.1, 0.15) is 25.8 Å². The molecular weight excluding hydrogens is 343 g/mol. The van der Waals surface area contributed by atoms with Crippen molar-refractivity contribution >= 4 is 0 Å². The summed E-state index contributed by atoms with van der Waals surface area (Å²) >= 11 is 0. The number of nitrogens with one attached hydrogen (secondary N) is 1. The first-order chi connectivity index (χ1) is 12.9. The van der Waals surface area contributed by atoms with E-state index in [9.17, 15) is 4.39 Å². The van der Waals surface area contributed by atoms with Crippen LogP contribution in [-0.2, 0) is 6.42 Å². The van der Waals surface area contributed by atoms with Gasteiger partial charge < -0.3 is 10.1 Å². The maximum Gasteiger partial charge on any atom is 0.242 e. The second-order valence-electron chi connectivity index (χ2n) is 6.88. The Bertz CT molecular complexity index is 851. The van der Waals surface area contributed by atoms with E-state index in [-0.39, 0.29) is 0 Å². The second-order valence-corrected chi connectivity index (χ2v) is 6.88. The molecule has 0 spiro atoms. The third-order valence-electron chi connectivity index (χ3n) is 4.06. The highest BCUT2D eigenvalue weighted by Crippen LogP contribution is 2.22. The van der Waals surface area contributed by atoms with Crippen molar-refractivity contribution in [2.45, 2.75) is 32.5 Å². The van der Waals surface area contributed by atoms with Gasteiger partial charge in [0.05, 0.1) is 5.69 Å². The van der Waals surface area contributed by atoms with Gasteiger partial charge in [-0.1, -0.05) is 24.3 Å². The lowest BCUT2D eigenvalue weighted by molar-refractivity contribution is -0.0257. The van der Waals surface area contributed by atoms with Gasteiger partial charge in [-0.3, -0.25) is 0 Å². The monoisotopic (exact) mass is 368 g/mol. The zero-order valence-electron chi connectivity index (χ0n) is 15.9. The molecule has 27 heavy (non-hydrogen) atoms. The maximum absolute atomic E-state index is 13.6. The van der Waals surface area contributed by atoms with E-state index in [1.54, 1.807) is 23.1 Å². The molecule has 0 amide bonds. The van der Waals surface area contributed by atoms with Crippen molar-refractivity contribution in [2.75, 3.05) is 13.6 Å². The Balaban J connectivity index is 1.69. The minimum absolute atomic E-state index is 0.473. The van der Waals surface area contributed by atoms with Crippen LogP contribution in [0.2, 0.25) is 0 Å². The second kappa shape index (κ2) is 8.31. The summed E-state index contributed by atoms with van der Waals surface area (Å²) < 4.78 is 20.4. The molecule has 0 aliphatic carbocycles. The topological polar surface area (TPSA) is 52.0 Å². The lowest BCUT2D eigenvalue weighted by Gasteiger charge is -2.17. The van der Waals surface area contributed by atoms with Gasteiger partial charge >= 0.3 is 0 Å². The number of rotatable bonds is 8. The molecule has 1 N–H and O–H groups in total. The summed E-state index contributed by atoms with van der Waals surface area (Å²) in [6, 6.07) is 15.4. The number of hydrogen-bond acceptors (Lipinski definition) is 4. The standard InChI is InChI=1S/C21H25FN4O/c1-21(2,22)27-19-12-10-18(11-13-19)26-15-24-20(25-26)17-8-6-16(7-9-17)5-4-14-23-3/h6-13,15,23H,4-5,14H2,1-3H3. The molecule has 1 heterocycles. The van der Waals surface area contributed by atoms with Gasteiger partial charge in [-0.2, -0.15) is 4.39 Å². The van der Waals surface area contributed by atoms with Gasteiger partial charge in [0.2, 0.25) is 5.85 Å². The first-order valence-corrected chi connectivity index (χ1v) is 9.08. The van der Waals surface area contributed by atoms with Crippen molar-refractivity contribution in [3.8, 4) is 22.8 Å². The van der Waals surface area contributed by atoms with Crippen molar-refractivity contribution in [3.63, 3.8) is 0 Å². The zero-order chi connectivity index (χ0) is 19.3. The van der Waals surface area contributed by atoms with Crippen molar-refractivity contribution in [3.05, 3.63) is 60.4 Å². The van der Waals surface area contributed by atoms with E-state index >= 15 is 0 Å². The largest absolute Gasteiger partial charge is 0.459 e. The molecule has 0 aliphatic rings. The van der Waals surface area contributed by atoms with Gasteiger partial charge in [-0.15, -0.1) is 5.10 Å². The molecule has 6 heteroatoms. The molecule has 0 saturated carbocycles. The van der Waals surface area contributed by atoms with Gasteiger partial charge in [0.15, 0.2) is 5.82 Å². The van der Waals surface area contributed by atoms with Crippen LogP contribution < -0.4 is 10.1 Å². The Hall–Kier alpha value is -2.73. The number of aromatic nitrogens is 3. The summed E-state index contributed by atoms with van der Waals surface area (Å²) in [5.41, 5.74) is 3.12. The first-order valence-electron chi connectivity index (χ1n) is 9.08. The molecule has 0 aliphatic heterocycles. The predicted molar refractivity (Wildman–Crippen MR) is 105 cm³/mol. The van der Waals surface area contributed by atoms with Crippen LogP contribution in [-0.4, -0.2) is 34.2 Å². The van der Waals surface area contributed by atoms with E-state index in [1.807, 2.05) is 19.2 Å². The van der Waals surface area contributed by atoms with Crippen molar-refractivity contribution < 1.29 is 9.13 Å². The van der Waals surface area contributed by atoms with Gasteiger partial charge in [0.25, 0.3) is 0 Å². The minimum Gasteiger partial charge on any atom is -0.459 e. The highest BCUT2D eigenvalue weighted by atomic mass is 19.2. The Kier molecular flexibility index (Phi) is 5.86. The molecule has 5 nitrogen and oxygen atoms in total. The summed E-state index contributed by atoms with van der Waals surface area (Å²) in [7, 11) is 1.97. The van der Waals surface area contributed by atoms with Crippen LogP contribution in [0.5, 0.6) is 5.75 Å². The van der Waals surface area contributed by atoms with Crippen molar-refractivity contribution in [2.24, 2.45) is 0 Å². The van der Waals surface area contributed by atoms with Crippen LogP contribution >= 0.6 is 0 Å². The van der Waals surface area contributed by atoms with Gasteiger partial charge in [0, 0.05) is 19.4 Å². The van der Waals surface area contributed by atoms with Gasteiger partial charge in [0.1, 0.15) is 12.1 Å². The molecule has 0 saturated heterocycles. The molecule has 2 aromatic carbocycles. The van der Waals surface area contributed by atoms with E-state index < -0.39 is 5.85 Å². The molecule has 0 bridgehead atoms. The van der Waals surface area contributed by atoms with Crippen molar-refractivity contribution in [1.29, 1.82) is 0 Å². The Morgan fingerprint density at radius 2 is 1.78 bits per heavy atom. The predicted octanol–water partition coefficient (Wildman–Crippen LogP) is 4.17. The molecule has 1 aromatic heterocycles. The van der Waals surface area contributed by atoms with Gasteiger partial charge in [-0.05, 0) is 56.3 Å². The fourth-order valence-electron chi connectivity index (χ4n) is 2.76. The van der Waals surface area contributed by atoms with Crippen LogP contribution in [0.25, 0.3) is 17.1 Å². The van der Waals surface area contributed by atoms with Crippen molar-refractivity contribution in [1.82, 2.24) is 20.1 Å². The van der Waals surface area contributed by atoms with E-state index in [0.717, 1.165) is 30.6 Å². The number of alkyl halides is 1. The van der Waals surface area contributed by atoms with Crippen LogP contribution in [0.15, 0.2) is 54.9 Å². The van der Waals surface area contributed by atoms with Crippen LogP contribution in [0.3, 0.4) is 0 Å². The number of benzene rings is 2. The summed E-state index contributed by atoms with van der Waals surface area (Å²) in [5, 5.41) is 7.70. The molecule has 3 rings (SSSR count). The molecule has 0 radical (unpaired) electrons. The molecule has 0 unspecified atom stereocenters. The highest BCUT2D eigenvalue weighted by molar-refractivity contribution is 5.55. The average Bonchev–Trinajstić information content (AvgIpc) is 3.12. The number of halogens is 1. The highest BCUT2D eigenvalue weighted by Gasteiger charge is 2.16. The Morgan fingerprint density at radius 1 is 1.07 bits per heavy atom. The van der Waals surface area contributed by atoms with E-state index in [0.29, 0.717) is 11.6 Å². The van der Waals surface area contributed by atoms with E-state index in [2.05, 4.69) is 39.7 Å². The van der Waals surface area contributed by atoms with Crippen LogP contribution in [0, 0.1) is 0 Å². The Labute approximate surface area is 159 Å². The van der Waals surface area contributed by atoms with Crippen LogP contribution in [0.4, 0.5) is 4.39 Å². The maximum atomic E-state index is 13.6. The minimum atomic E-state index is -1.71. The normalized spacial score (nSPS) is 11.6. The molecule has 0 atom stereocenters. The lowest BCUT2D eigenvalue weighted by atomic mass is 10.1. The number of nitrogens with zero attached hydrogens (tertiary/aromatic N) is 3. The average molecular weight is 368 g/mol. The molecule has 3 aromatic rings. The quantitative estimate of drug-likeness (QED) is 0.606. The fraction of sp³-hybridized carbons (Fsp3) is 0.333. The molecule has 142 valence electrons. The summed E-state index contributed by atoms with van der Waals surface area (Å²) in [4.78, 5) is 4.40. The first kappa shape index (κ1) is 19.0. The molecular formula is C21H25FN4O.